The second kappa shape index (κ2) is 9.20. The zero-order chi connectivity index (χ0) is 17.8. The van der Waals surface area contributed by atoms with Gasteiger partial charge in [0.15, 0.2) is 0 Å². The molecule has 0 saturated carbocycles. The predicted octanol–water partition coefficient (Wildman–Crippen LogP) is 3.15. The molecule has 6 heteroatoms. The molecule has 1 amide bonds. The van der Waals surface area contributed by atoms with Crippen molar-refractivity contribution in [1.29, 1.82) is 0 Å². The number of likely N-dealkylation sites (tertiary alicyclic amines) is 1. The Hall–Kier alpha value is -2.11. The number of pyridine rings is 1. The van der Waals surface area contributed by atoms with Crippen molar-refractivity contribution >= 4 is 18.3 Å². The lowest BCUT2D eigenvalue weighted by molar-refractivity contribution is 0.0758. The van der Waals surface area contributed by atoms with Crippen LogP contribution in [0.25, 0.3) is 0 Å². The van der Waals surface area contributed by atoms with Gasteiger partial charge in [-0.15, -0.1) is 12.4 Å². The smallest absolute Gasteiger partial charge is 0.253 e. The molecule has 144 valence electrons. The minimum Gasteiger partial charge on any atom is -0.489 e. The van der Waals surface area contributed by atoms with E-state index in [1.807, 2.05) is 41.3 Å². The lowest BCUT2D eigenvalue weighted by atomic mass is 9.92. The van der Waals surface area contributed by atoms with Crippen LogP contribution in [0.5, 0.6) is 5.75 Å². The van der Waals surface area contributed by atoms with Crippen LogP contribution in [0, 0.1) is 11.8 Å². The first-order valence-electron chi connectivity index (χ1n) is 9.41. The van der Waals surface area contributed by atoms with Crippen LogP contribution in [0.4, 0.5) is 0 Å². The molecule has 2 atom stereocenters. The third-order valence-corrected chi connectivity index (χ3v) is 5.56. The van der Waals surface area contributed by atoms with E-state index in [9.17, 15) is 4.79 Å². The molecule has 5 nitrogen and oxygen atoms in total. The fourth-order valence-corrected chi connectivity index (χ4v) is 3.94. The second-order valence-electron chi connectivity index (χ2n) is 7.22. The molecule has 1 N–H and O–H groups in total. The van der Waals surface area contributed by atoms with E-state index in [1.165, 1.54) is 0 Å². The number of nitrogens with one attached hydrogen (secondary N) is 1. The van der Waals surface area contributed by atoms with Gasteiger partial charge in [-0.25, -0.2) is 0 Å². The van der Waals surface area contributed by atoms with Gasteiger partial charge in [-0.05, 0) is 79.7 Å². The fourth-order valence-electron chi connectivity index (χ4n) is 3.94. The Labute approximate surface area is 166 Å². The highest BCUT2D eigenvalue weighted by atomic mass is 35.5. The Kier molecular flexibility index (Phi) is 6.69. The van der Waals surface area contributed by atoms with Gasteiger partial charge in [-0.2, -0.15) is 0 Å². The first kappa shape index (κ1) is 19.6. The predicted molar refractivity (Wildman–Crippen MR) is 107 cm³/mol. The van der Waals surface area contributed by atoms with Gasteiger partial charge in [0.05, 0.1) is 0 Å². The molecule has 2 aliphatic rings. The Morgan fingerprint density at radius 2 is 1.67 bits per heavy atom. The monoisotopic (exact) mass is 387 g/mol. The van der Waals surface area contributed by atoms with E-state index in [2.05, 4.69) is 10.3 Å². The van der Waals surface area contributed by atoms with Crippen molar-refractivity contribution in [2.75, 3.05) is 26.2 Å². The zero-order valence-corrected chi connectivity index (χ0v) is 16.2. The standard InChI is InChI=1S/C21H25N3O2.ClH/c25-21(24-11-7-18-13-23-14-19(18)8-12-24)17-1-3-20(4-2-17)26-15-16-5-9-22-10-6-16;/h1-6,9-10,18-19,23H,7-8,11-15H2;1H/t18-,19+;. The molecule has 3 heterocycles. The highest BCUT2D eigenvalue weighted by Crippen LogP contribution is 2.28. The van der Waals surface area contributed by atoms with Gasteiger partial charge in [-0.3, -0.25) is 9.78 Å². The summed E-state index contributed by atoms with van der Waals surface area (Å²) in [5.74, 6) is 2.38. The molecule has 27 heavy (non-hydrogen) atoms. The van der Waals surface area contributed by atoms with Crippen LogP contribution >= 0.6 is 12.4 Å². The summed E-state index contributed by atoms with van der Waals surface area (Å²) < 4.78 is 5.78. The highest BCUT2D eigenvalue weighted by molar-refractivity contribution is 5.94. The number of halogens is 1. The van der Waals surface area contributed by atoms with Gasteiger partial charge >= 0.3 is 0 Å². The van der Waals surface area contributed by atoms with E-state index in [0.29, 0.717) is 6.61 Å². The van der Waals surface area contributed by atoms with Crippen LogP contribution in [-0.4, -0.2) is 42.0 Å². The number of nitrogens with zero attached hydrogens (tertiary/aromatic N) is 2. The van der Waals surface area contributed by atoms with Gasteiger partial charge in [0.2, 0.25) is 0 Å². The number of ether oxygens (including phenoxy) is 1. The topological polar surface area (TPSA) is 54.5 Å². The van der Waals surface area contributed by atoms with Crippen molar-refractivity contribution in [3.05, 3.63) is 59.9 Å². The van der Waals surface area contributed by atoms with Crippen molar-refractivity contribution in [2.45, 2.75) is 19.4 Å². The molecule has 0 aliphatic carbocycles. The van der Waals surface area contributed by atoms with Gasteiger partial charge in [0.1, 0.15) is 12.4 Å². The van der Waals surface area contributed by atoms with E-state index in [1.54, 1.807) is 12.4 Å². The number of hydrogen-bond donors (Lipinski definition) is 1. The summed E-state index contributed by atoms with van der Waals surface area (Å²) in [5.41, 5.74) is 1.82. The van der Waals surface area contributed by atoms with Crippen LogP contribution in [0.15, 0.2) is 48.8 Å². The van der Waals surface area contributed by atoms with Crippen molar-refractivity contribution in [3.63, 3.8) is 0 Å². The maximum atomic E-state index is 12.8. The van der Waals surface area contributed by atoms with Crippen molar-refractivity contribution in [1.82, 2.24) is 15.2 Å². The molecule has 0 unspecified atom stereocenters. The van der Waals surface area contributed by atoms with Gasteiger partial charge in [0.25, 0.3) is 5.91 Å². The van der Waals surface area contributed by atoms with E-state index < -0.39 is 0 Å². The maximum absolute atomic E-state index is 12.8. The summed E-state index contributed by atoms with van der Waals surface area (Å²) in [4.78, 5) is 18.8. The molecule has 0 spiro atoms. The van der Waals surface area contributed by atoms with Gasteiger partial charge in [-0.1, -0.05) is 0 Å². The molecular formula is C21H26ClN3O2. The Morgan fingerprint density at radius 1 is 1.04 bits per heavy atom. The number of fused-ring (bicyclic) bond motifs is 1. The molecule has 1 aromatic heterocycles. The average Bonchev–Trinajstić information content (AvgIpc) is 3.05. The second-order valence-corrected chi connectivity index (χ2v) is 7.22. The number of hydrogen-bond acceptors (Lipinski definition) is 4. The molecule has 2 aliphatic heterocycles. The van der Waals surface area contributed by atoms with Crippen LogP contribution in [0.1, 0.15) is 28.8 Å². The zero-order valence-electron chi connectivity index (χ0n) is 15.3. The number of benzene rings is 1. The van der Waals surface area contributed by atoms with E-state index in [4.69, 9.17) is 4.74 Å². The van der Waals surface area contributed by atoms with Crippen molar-refractivity contribution < 1.29 is 9.53 Å². The average molecular weight is 388 g/mol. The quantitative estimate of drug-likeness (QED) is 0.875. The van der Waals surface area contributed by atoms with Crippen molar-refractivity contribution in [3.8, 4) is 5.75 Å². The fraction of sp³-hybridized carbons (Fsp3) is 0.429. The first-order valence-corrected chi connectivity index (χ1v) is 9.41. The van der Waals surface area contributed by atoms with Crippen LogP contribution in [0.2, 0.25) is 0 Å². The number of rotatable bonds is 4. The minimum atomic E-state index is 0. The molecule has 2 fully saturated rings. The summed E-state index contributed by atoms with van der Waals surface area (Å²) in [6.45, 7) is 4.44. The third-order valence-electron chi connectivity index (χ3n) is 5.56. The maximum Gasteiger partial charge on any atom is 0.253 e. The minimum absolute atomic E-state index is 0. The van der Waals surface area contributed by atoms with Crippen LogP contribution in [0.3, 0.4) is 0 Å². The summed E-state index contributed by atoms with van der Waals surface area (Å²) in [6, 6.07) is 11.4. The van der Waals surface area contributed by atoms with Gasteiger partial charge in [0, 0.05) is 31.0 Å². The number of carbonyl (C=O) groups is 1. The SMILES string of the molecule is Cl.O=C(c1ccc(OCc2ccncc2)cc1)N1CC[C@@H]2CNC[C@@H]2CC1. The summed E-state index contributed by atoms with van der Waals surface area (Å²) in [7, 11) is 0. The van der Waals surface area contributed by atoms with Crippen molar-refractivity contribution in [2.24, 2.45) is 11.8 Å². The lowest BCUT2D eigenvalue weighted by Gasteiger charge is -2.21. The molecule has 4 rings (SSSR count). The van der Waals surface area contributed by atoms with Crippen LogP contribution in [-0.2, 0) is 6.61 Å². The summed E-state index contributed by atoms with van der Waals surface area (Å²) >= 11 is 0. The number of aromatic nitrogens is 1. The summed E-state index contributed by atoms with van der Waals surface area (Å²) in [5, 5.41) is 3.48. The molecule has 1 aromatic carbocycles. The number of carbonyl (C=O) groups excluding carboxylic acids is 1. The normalized spacial score (nSPS) is 21.7. The molecule has 2 saturated heterocycles. The van der Waals surface area contributed by atoms with E-state index in [0.717, 1.165) is 67.7 Å². The highest BCUT2D eigenvalue weighted by Gasteiger charge is 2.31. The Bertz CT molecular complexity index is 725. The summed E-state index contributed by atoms with van der Waals surface area (Å²) in [6.07, 6.45) is 5.73. The molecular weight excluding hydrogens is 362 g/mol. The van der Waals surface area contributed by atoms with E-state index in [-0.39, 0.29) is 18.3 Å². The van der Waals surface area contributed by atoms with Crippen LogP contribution < -0.4 is 10.1 Å². The number of amides is 1. The lowest BCUT2D eigenvalue weighted by Crippen LogP contribution is -2.32. The molecule has 2 aromatic rings. The molecule has 0 radical (unpaired) electrons. The van der Waals surface area contributed by atoms with E-state index >= 15 is 0 Å². The Balaban J connectivity index is 0.00000210. The van der Waals surface area contributed by atoms with Gasteiger partial charge < -0.3 is 15.0 Å². The Morgan fingerprint density at radius 3 is 2.30 bits per heavy atom. The third kappa shape index (κ3) is 4.79. The largest absolute Gasteiger partial charge is 0.489 e. The molecule has 0 bridgehead atoms. The first-order chi connectivity index (χ1) is 12.8.